The molecule has 2 atom stereocenters. The van der Waals surface area contributed by atoms with Crippen molar-refractivity contribution in [2.45, 2.75) is 65.1 Å². The molecule has 0 radical (unpaired) electrons. The maximum atomic E-state index is 15.7. The van der Waals surface area contributed by atoms with E-state index in [0.717, 1.165) is 43.6 Å². The summed E-state index contributed by atoms with van der Waals surface area (Å²) in [6, 6.07) is 8.51. The number of amides is 1. The predicted molar refractivity (Wildman–Crippen MR) is 137 cm³/mol. The van der Waals surface area contributed by atoms with Crippen LogP contribution in [-0.2, 0) is 6.42 Å². The number of nitrogens with zero attached hydrogens (tertiary/aromatic N) is 2. The number of halogens is 1. The van der Waals surface area contributed by atoms with Gasteiger partial charge in [-0.1, -0.05) is 19.9 Å². The van der Waals surface area contributed by atoms with Crippen molar-refractivity contribution in [2.24, 2.45) is 11.3 Å². The van der Waals surface area contributed by atoms with Gasteiger partial charge in [-0.05, 0) is 98.5 Å². The maximum absolute atomic E-state index is 15.7. The molecule has 3 aliphatic heterocycles. The smallest absolute Gasteiger partial charge is 0.408 e. The van der Waals surface area contributed by atoms with Crippen LogP contribution in [0.5, 0.6) is 11.5 Å². The molecule has 1 aliphatic carbocycles. The molecule has 194 valence electrons. The lowest BCUT2D eigenvalue weighted by Gasteiger charge is -2.51. The van der Waals surface area contributed by atoms with E-state index in [1.165, 1.54) is 0 Å². The molecular formula is C29H37FN2O4. The van der Waals surface area contributed by atoms with Crippen LogP contribution in [0.3, 0.4) is 0 Å². The minimum Gasteiger partial charge on any atom is -0.493 e. The number of carboxylic acid groups (broad SMARTS) is 1. The fourth-order valence-electron chi connectivity index (χ4n) is 6.68. The van der Waals surface area contributed by atoms with Crippen LogP contribution >= 0.6 is 0 Å². The van der Waals surface area contributed by atoms with Crippen LogP contribution in [-0.4, -0.2) is 59.9 Å². The lowest BCUT2D eigenvalue weighted by Crippen LogP contribution is -2.60. The molecule has 4 aliphatic rings. The van der Waals surface area contributed by atoms with Crippen LogP contribution in [0.1, 0.15) is 57.7 Å². The van der Waals surface area contributed by atoms with E-state index >= 15 is 4.39 Å². The third-order valence-corrected chi connectivity index (χ3v) is 8.23. The van der Waals surface area contributed by atoms with Gasteiger partial charge in [-0.15, -0.1) is 0 Å². The third kappa shape index (κ3) is 4.32. The Hall–Kier alpha value is -2.80. The van der Waals surface area contributed by atoms with E-state index in [1.807, 2.05) is 32.0 Å². The van der Waals surface area contributed by atoms with Gasteiger partial charge >= 0.3 is 6.09 Å². The van der Waals surface area contributed by atoms with Gasteiger partial charge in [0.1, 0.15) is 5.82 Å². The lowest BCUT2D eigenvalue weighted by molar-refractivity contribution is -0.0267. The van der Waals surface area contributed by atoms with Gasteiger partial charge in [0.25, 0.3) is 0 Å². The number of piperidine rings is 3. The molecule has 0 spiro atoms. The first-order chi connectivity index (χ1) is 17.1. The Bertz CT molecular complexity index is 1160. The molecule has 3 fully saturated rings. The number of benzene rings is 2. The number of methoxy groups -OCH3 is 1. The van der Waals surface area contributed by atoms with E-state index in [9.17, 15) is 9.90 Å². The van der Waals surface area contributed by atoms with Crippen molar-refractivity contribution in [1.82, 2.24) is 9.80 Å². The second-order valence-corrected chi connectivity index (χ2v) is 11.5. The van der Waals surface area contributed by atoms with E-state index in [0.29, 0.717) is 35.0 Å². The topological polar surface area (TPSA) is 62.2 Å². The van der Waals surface area contributed by atoms with Gasteiger partial charge in [-0.25, -0.2) is 9.18 Å². The van der Waals surface area contributed by atoms with Gasteiger partial charge in [-0.3, -0.25) is 4.90 Å². The van der Waals surface area contributed by atoms with Crippen LogP contribution in [0, 0.1) is 17.2 Å². The second kappa shape index (κ2) is 9.25. The van der Waals surface area contributed by atoms with Gasteiger partial charge in [0.2, 0.25) is 0 Å². The van der Waals surface area contributed by atoms with Crippen LogP contribution in [0.25, 0.3) is 11.1 Å². The van der Waals surface area contributed by atoms with E-state index in [4.69, 9.17) is 9.47 Å². The molecule has 1 N–H and O–H groups in total. The summed E-state index contributed by atoms with van der Waals surface area (Å²) < 4.78 is 27.0. The van der Waals surface area contributed by atoms with Crippen molar-refractivity contribution in [1.29, 1.82) is 0 Å². The highest BCUT2D eigenvalue weighted by atomic mass is 19.1. The maximum Gasteiger partial charge on any atom is 0.408 e. The Labute approximate surface area is 213 Å². The quantitative estimate of drug-likeness (QED) is 0.533. The molecule has 36 heavy (non-hydrogen) atoms. The Morgan fingerprint density at radius 3 is 2.47 bits per heavy atom. The van der Waals surface area contributed by atoms with Gasteiger partial charge in [0, 0.05) is 12.1 Å². The summed E-state index contributed by atoms with van der Waals surface area (Å²) in [4.78, 5) is 16.7. The number of hydrogen-bond donors (Lipinski definition) is 1. The standard InChI is InChI=1S/C29H37FN2O4/c1-17(2)36-25-7-6-19(13-26(25)35-5)21-12-20-15-29(3,4)27(22(20)14-23(21)30)32(28(33)34)24-16-31-10-8-18(24)9-11-31/h6-7,12-14,17-18,24,27H,8-11,15-16H2,1-5H3,(H,33,34)/t24-,27+/m1/s1. The highest BCUT2D eigenvalue weighted by Crippen LogP contribution is 2.52. The average Bonchev–Trinajstić information content (AvgIpc) is 3.08. The summed E-state index contributed by atoms with van der Waals surface area (Å²) in [7, 11) is 1.58. The van der Waals surface area contributed by atoms with Gasteiger partial charge < -0.3 is 19.5 Å². The summed E-state index contributed by atoms with van der Waals surface area (Å²) in [5.74, 6) is 1.19. The molecular weight excluding hydrogens is 459 g/mol. The Morgan fingerprint density at radius 2 is 1.89 bits per heavy atom. The minimum atomic E-state index is -0.908. The molecule has 2 bridgehead atoms. The Balaban J connectivity index is 1.53. The highest BCUT2D eigenvalue weighted by Gasteiger charge is 2.50. The first kappa shape index (κ1) is 24.9. The molecule has 2 aromatic carbocycles. The van der Waals surface area contributed by atoms with Crippen molar-refractivity contribution in [3.05, 3.63) is 47.3 Å². The van der Waals surface area contributed by atoms with Crippen LogP contribution in [0.15, 0.2) is 30.3 Å². The van der Waals surface area contributed by atoms with Crippen molar-refractivity contribution in [3.8, 4) is 22.6 Å². The van der Waals surface area contributed by atoms with Crippen molar-refractivity contribution in [2.75, 3.05) is 26.7 Å². The monoisotopic (exact) mass is 496 g/mol. The molecule has 2 aromatic rings. The molecule has 3 heterocycles. The summed E-state index contributed by atoms with van der Waals surface area (Å²) in [6.45, 7) is 11.0. The molecule has 0 aromatic heterocycles. The molecule has 7 heteroatoms. The zero-order chi connectivity index (χ0) is 25.8. The first-order valence-electron chi connectivity index (χ1n) is 13.0. The second-order valence-electron chi connectivity index (χ2n) is 11.5. The molecule has 0 saturated carbocycles. The summed E-state index contributed by atoms with van der Waals surface area (Å²) in [5, 5.41) is 10.4. The molecule has 1 amide bonds. The van der Waals surface area contributed by atoms with E-state index < -0.39 is 6.09 Å². The number of rotatable bonds is 6. The van der Waals surface area contributed by atoms with Gasteiger partial charge in [0.15, 0.2) is 11.5 Å². The van der Waals surface area contributed by atoms with E-state index in [-0.39, 0.29) is 29.4 Å². The summed E-state index contributed by atoms with van der Waals surface area (Å²) >= 11 is 0. The average molecular weight is 497 g/mol. The molecule has 6 rings (SSSR count). The molecule has 0 unspecified atom stereocenters. The van der Waals surface area contributed by atoms with Gasteiger partial charge in [0.05, 0.1) is 25.3 Å². The minimum absolute atomic E-state index is 0.00555. The van der Waals surface area contributed by atoms with Crippen molar-refractivity contribution < 1.29 is 23.8 Å². The fourth-order valence-corrected chi connectivity index (χ4v) is 6.68. The van der Waals surface area contributed by atoms with Gasteiger partial charge in [-0.2, -0.15) is 0 Å². The zero-order valence-corrected chi connectivity index (χ0v) is 21.9. The normalized spacial score (nSPS) is 26.1. The van der Waals surface area contributed by atoms with Crippen molar-refractivity contribution in [3.63, 3.8) is 0 Å². The Kier molecular flexibility index (Phi) is 6.39. The molecule has 3 saturated heterocycles. The fraction of sp³-hybridized carbons (Fsp3) is 0.552. The van der Waals surface area contributed by atoms with Crippen LogP contribution in [0.2, 0.25) is 0 Å². The Morgan fingerprint density at radius 1 is 1.17 bits per heavy atom. The van der Waals surface area contributed by atoms with E-state index in [1.54, 1.807) is 24.1 Å². The third-order valence-electron chi connectivity index (χ3n) is 8.23. The summed E-state index contributed by atoms with van der Waals surface area (Å²) in [5.41, 5.74) is 2.66. The van der Waals surface area contributed by atoms with Crippen LogP contribution in [0.4, 0.5) is 9.18 Å². The van der Waals surface area contributed by atoms with Crippen LogP contribution < -0.4 is 9.47 Å². The van der Waals surface area contributed by atoms with E-state index in [2.05, 4.69) is 18.7 Å². The highest BCUT2D eigenvalue weighted by molar-refractivity contribution is 5.71. The zero-order valence-electron chi connectivity index (χ0n) is 21.9. The number of ether oxygens (including phenoxy) is 2. The lowest BCUT2D eigenvalue weighted by atomic mass is 9.79. The number of fused-ring (bicyclic) bond motifs is 4. The predicted octanol–water partition coefficient (Wildman–Crippen LogP) is 5.99. The molecule has 6 nitrogen and oxygen atoms in total. The number of carbonyl (C=O) groups is 1. The largest absolute Gasteiger partial charge is 0.493 e. The SMILES string of the molecule is COc1cc(-c2cc3c(cc2F)[C@H](N(C(=O)O)[C@@H]2CN4CCC2CC4)C(C)(C)C3)ccc1OC(C)C. The summed E-state index contributed by atoms with van der Waals surface area (Å²) in [6.07, 6.45) is 1.83. The first-order valence-corrected chi connectivity index (χ1v) is 13.0. The number of hydrogen-bond acceptors (Lipinski definition) is 4. The van der Waals surface area contributed by atoms with Crippen molar-refractivity contribution >= 4 is 6.09 Å².